The number of halogens is 2. The maximum absolute atomic E-state index is 11.7. The van der Waals surface area contributed by atoms with E-state index >= 15 is 0 Å². The molecule has 0 atom stereocenters. The van der Waals surface area contributed by atoms with Crippen LogP contribution in [0.3, 0.4) is 0 Å². The van der Waals surface area contributed by atoms with E-state index in [-0.39, 0.29) is 34.4 Å². The topological polar surface area (TPSA) is 105 Å². The van der Waals surface area contributed by atoms with E-state index in [4.69, 9.17) is 34.2 Å². The third kappa shape index (κ3) is 3.97. The highest BCUT2D eigenvalue weighted by molar-refractivity contribution is 6.38. The van der Waals surface area contributed by atoms with Gasteiger partial charge in [-0.2, -0.15) is 0 Å². The summed E-state index contributed by atoms with van der Waals surface area (Å²) in [6.07, 6.45) is 0. The number of amides is 2. The van der Waals surface area contributed by atoms with Crippen molar-refractivity contribution in [3.63, 3.8) is 0 Å². The highest BCUT2D eigenvalue weighted by Gasteiger charge is 2.17. The van der Waals surface area contributed by atoms with E-state index in [0.29, 0.717) is 0 Å². The largest absolute Gasteiger partial charge is 0.465 e. The maximum Gasteiger partial charge on any atom is 0.339 e. The molecule has 0 fully saturated rings. The molecular weight excluding hydrogens is 309 g/mol. The minimum Gasteiger partial charge on any atom is -0.465 e. The lowest BCUT2D eigenvalue weighted by atomic mass is 10.2. The molecule has 0 aliphatic carbocycles. The maximum atomic E-state index is 11.7. The summed E-state index contributed by atoms with van der Waals surface area (Å²) in [5.41, 5.74) is 0.203. The molecule has 7 nitrogen and oxygen atoms in total. The Morgan fingerprint density at radius 1 is 1.40 bits per heavy atom. The molecule has 20 heavy (non-hydrogen) atoms. The molecule has 0 bridgehead atoms. The van der Waals surface area contributed by atoms with Crippen LogP contribution in [0.4, 0.5) is 10.5 Å². The van der Waals surface area contributed by atoms with Crippen LogP contribution in [0.2, 0.25) is 10.0 Å². The number of urea groups is 1. The van der Waals surface area contributed by atoms with Gasteiger partial charge in [0.2, 0.25) is 0 Å². The van der Waals surface area contributed by atoms with Crippen molar-refractivity contribution >= 4 is 40.9 Å². The van der Waals surface area contributed by atoms with E-state index in [1.165, 1.54) is 19.2 Å². The van der Waals surface area contributed by atoms with E-state index in [1.54, 1.807) is 0 Å². The number of esters is 1. The molecule has 0 spiro atoms. The molecule has 2 amide bonds. The Labute approximate surface area is 125 Å². The van der Waals surface area contributed by atoms with Crippen LogP contribution in [-0.2, 0) is 4.74 Å². The number of nitrogens with one attached hydrogen (secondary N) is 1. The number of rotatable bonds is 4. The number of hydrogen-bond donors (Lipinski definition) is 3. The number of nitrogens with two attached hydrogens (primary N) is 1. The SMILES string of the molecule is COC(=O)c1cc(NC(=O)N(N)CCO)c(Cl)cc1Cl. The summed E-state index contributed by atoms with van der Waals surface area (Å²) in [5.74, 6) is 4.72. The number of carbonyl (C=O) groups is 2. The number of ether oxygens (including phenoxy) is 1. The molecule has 0 heterocycles. The molecule has 0 saturated carbocycles. The summed E-state index contributed by atoms with van der Waals surface area (Å²) < 4.78 is 4.56. The molecule has 4 N–H and O–H groups in total. The standard InChI is InChI=1S/C11H13Cl2N3O4/c1-20-10(18)6-4-9(8(13)5-7(6)12)15-11(19)16(14)2-3-17/h4-5,17H,2-3,14H2,1H3,(H,15,19). The van der Waals surface area contributed by atoms with Gasteiger partial charge < -0.3 is 15.2 Å². The van der Waals surface area contributed by atoms with Gasteiger partial charge in [0.15, 0.2) is 0 Å². The fraction of sp³-hybridized carbons (Fsp3) is 0.273. The van der Waals surface area contributed by atoms with Gasteiger partial charge in [0.05, 0.1) is 41.6 Å². The number of anilines is 1. The number of carbonyl (C=O) groups excluding carboxylic acids is 2. The number of nitrogens with zero attached hydrogens (tertiary/aromatic N) is 1. The second kappa shape index (κ2) is 7.30. The Hall–Kier alpha value is -1.54. The number of aliphatic hydroxyl groups is 1. The molecule has 0 aliphatic heterocycles. The first kappa shape index (κ1) is 16.5. The molecule has 0 radical (unpaired) electrons. The average Bonchev–Trinajstić information content (AvgIpc) is 2.41. The van der Waals surface area contributed by atoms with Gasteiger partial charge in [0.1, 0.15) is 0 Å². The monoisotopic (exact) mass is 321 g/mol. The van der Waals surface area contributed by atoms with Crippen molar-refractivity contribution in [2.75, 3.05) is 25.6 Å². The van der Waals surface area contributed by atoms with E-state index in [1.807, 2.05) is 0 Å². The molecule has 1 aromatic rings. The predicted molar refractivity (Wildman–Crippen MR) is 74.8 cm³/mol. The molecular formula is C11H13Cl2N3O4. The summed E-state index contributed by atoms with van der Waals surface area (Å²) in [4.78, 5) is 23.2. The van der Waals surface area contributed by atoms with Gasteiger partial charge >= 0.3 is 12.0 Å². The van der Waals surface area contributed by atoms with Crippen molar-refractivity contribution in [2.45, 2.75) is 0 Å². The molecule has 1 aromatic carbocycles. The van der Waals surface area contributed by atoms with Gasteiger partial charge in [-0.3, -0.25) is 5.01 Å². The van der Waals surface area contributed by atoms with Crippen molar-refractivity contribution in [1.29, 1.82) is 0 Å². The molecule has 9 heteroatoms. The van der Waals surface area contributed by atoms with Crippen molar-refractivity contribution < 1.29 is 19.4 Å². The van der Waals surface area contributed by atoms with Crippen molar-refractivity contribution in [3.8, 4) is 0 Å². The zero-order chi connectivity index (χ0) is 15.3. The van der Waals surface area contributed by atoms with Crippen molar-refractivity contribution in [1.82, 2.24) is 5.01 Å². The fourth-order valence-electron chi connectivity index (χ4n) is 1.31. The molecule has 0 aromatic heterocycles. The number of aliphatic hydroxyl groups excluding tert-OH is 1. The zero-order valence-electron chi connectivity index (χ0n) is 10.5. The van der Waals surface area contributed by atoms with Gasteiger partial charge in [0, 0.05) is 0 Å². The van der Waals surface area contributed by atoms with Crippen molar-refractivity contribution in [3.05, 3.63) is 27.7 Å². The van der Waals surface area contributed by atoms with Gasteiger partial charge in [-0.25, -0.2) is 15.4 Å². The van der Waals surface area contributed by atoms with Crippen LogP contribution in [0.1, 0.15) is 10.4 Å². The third-order valence-corrected chi connectivity index (χ3v) is 2.93. The third-order valence-electron chi connectivity index (χ3n) is 2.31. The molecule has 0 unspecified atom stereocenters. The molecule has 0 aliphatic rings. The van der Waals surface area contributed by atoms with Crippen LogP contribution in [0.15, 0.2) is 12.1 Å². The Balaban J connectivity index is 3.01. The van der Waals surface area contributed by atoms with Crippen molar-refractivity contribution in [2.24, 2.45) is 5.84 Å². The highest BCUT2D eigenvalue weighted by Crippen LogP contribution is 2.29. The van der Waals surface area contributed by atoms with Crippen LogP contribution in [0.5, 0.6) is 0 Å². The average molecular weight is 322 g/mol. The normalized spacial score (nSPS) is 10.1. The predicted octanol–water partition coefficient (Wildman–Crippen LogP) is 1.48. The summed E-state index contributed by atoms with van der Waals surface area (Å²) >= 11 is 11.8. The molecule has 0 saturated heterocycles. The van der Waals surface area contributed by atoms with Crippen LogP contribution < -0.4 is 11.2 Å². The summed E-state index contributed by atoms with van der Waals surface area (Å²) in [6.45, 7) is -0.341. The Kier molecular flexibility index (Phi) is 6.03. The Bertz CT molecular complexity index is 525. The van der Waals surface area contributed by atoms with E-state index in [2.05, 4.69) is 10.1 Å². The van der Waals surface area contributed by atoms with Gasteiger partial charge in [-0.1, -0.05) is 23.2 Å². The Morgan fingerprint density at radius 2 is 2.05 bits per heavy atom. The first-order chi connectivity index (χ1) is 9.40. The molecule has 110 valence electrons. The zero-order valence-corrected chi connectivity index (χ0v) is 12.0. The van der Waals surface area contributed by atoms with E-state index < -0.39 is 12.0 Å². The number of hydrogen-bond acceptors (Lipinski definition) is 5. The number of benzene rings is 1. The summed E-state index contributed by atoms with van der Waals surface area (Å²) in [6, 6.07) is 1.89. The van der Waals surface area contributed by atoms with Gasteiger partial charge in [0.25, 0.3) is 0 Å². The van der Waals surface area contributed by atoms with Gasteiger partial charge in [-0.05, 0) is 12.1 Å². The lowest BCUT2D eigenvalue weighted by Gasteiger charge is -2.17. The highest BCUT2D eigenvalue weighted by atomic mass is 35.5. The number of hydrazine groups is 1. The quantitative estimate of drug-likeness (QED) is 0.337. The van der Waals surface area contributed by atoms with Crippen LogP contribution in [0.25, 0.3) is 0 Å². The summed E-state index contributed by atoms with van der Waals surface area (Å²) in [7, 11) is 1.20. The Morgan fingerprint density at radius 3 is 2.60 bits per heavy atom. The minimum atomic E-state index is -0.695. The van der Waals surface area contributed by atoms with E-state index in [9.17, 15) is 9.59 Å². The first-order valence-electron chi connectivity index (χ1n) is 5.42. The lowest BCUT2D eigenvalue weighted by molar-refractivity contribution is 0.0601. The minimum absolute atomic E-state index is 0.0547. The van der Waals surface area contributed by atoms with Crippen LogP contribution in [-0.4, -0.2) is 42.4 Å². The van der Waals surface area contributed by atoms with Crippen LogP contribution in [0, 0.1) is 0 Å². The second-order valence-electron chi connectivity index (χ2n) is 3.65. The number of methoxy groups -OCH3 is 1. The second-order valence-corrected chi connectivity index (χ2v) is 4.47. The van der Waals surface area contributed by atoms with E-state index in [0.717, 1.165) is 5.01 Å². The smallest absolute Gasteiger partial charge is 0.339 e. The van der Waals surface area contributed by atoms with Gasteiger partial charge in [-0.15, -0.1) is 0 Å². The first-order valence-corrected chi connectivity index (χ1v) is 6.17. The summed E-state index contributed by atoms with van der Waals surface area (Å²) in [5, 5.41) is 12.1. The lowest BCUT2D eigenvalue weighted by Crippen LogP contribution is -2.42. The molecule has 1 rings (SSSR count). The fourth-order valence-corrected chi connectivity index (χ4v) is 1.82. The van der Waals surface area contributed by atoms with Crippen LogP contribution >= 0.6 is 23.2 Å².